The van der Waals surface area contributed by atoms with Gasteiger partial charge in [-0.2, -0.15) is 0 Å². The van der Waals surface area contributed by atoms with Gasteiger partial charge < -0.3 is 15.5 Å². The van der Waals surface area contributed by atoms with Crippen LogP contribution in [-0.2, 0) is 4.79 Å². The maximum Gasteiger partial charge on any atom is 0.256 e. The van der Waals surface area contributed by atoms with E-state index in [4.69, 9.17) is 28.9 Å². The summed E-state index contributed by atoms with van der Waals surface area (Å²) in [4.78, 5) is 28.1. The van der Waals surface area contributed by atoms with Crippen molar-refractivity contribution in [2.45, 2.75) is 19.4 Å². The Morgan fingerprint density at radius 3 is 2.52 bits per heavy atom. The molecule has 0 spiro atoms. The molecule has 1 heterocycles. The Kier molecular flexibility index (Phi) is 4.08. The second kappa shape index (κ2) is 5.39. The van der Waals surface area contributed by atoms with E-state index in [1.807, 2.05) is 0 Å². The average Bonchev–Trinajstić information content (AvgIpc) is 2.39. The molecule has 0 aromatic heterocycles. The van der Waals surface area contributed by atoms with Gasteiger partial charge in [-0.15, -0.1) is 0 Å². The van der Waals surface area contributed by atoms with Gasteiger partial charge in [0, 0.05) is 25.8 Å². The molecule has 1 aliphatic heterocycles. The Labute approximate surface area is 133 Å². The molecule has 0 bridgehead atoms. The van der Waals surface area contributed by atoms with Crippen molar-refractivity contribution >= 4 is 40.7 Å². The van der Waals surface area contributed by atoms with Crippen molar-refractivity contribution in [3.05, 3.63) is 27.7 Å². The molecule has 2 amide bonds. The lowest BCUT2D eigenvalue weighted by Crippen LogP contribution is -2.63. The first kappa shape index (κ1) is 15.9. The van der Waals surface area contributed by atoms with Crippen LogP contribution in [0.3, 0.4) is 0 Å². The molecule has 1 aromatic rings. The molecule has 1 saturated heterocycles. The molecule has 0 unspecified atom stereocenters. The number of nitrogens with two attached hydrogens (primary N) is 1. The molecule has 0 saturated carbocycles. The first-order valence-electron chi connectivity index (χ1n) is 6.48. The van der Waals surface area contributed by atoms with Crippen molar-refractivity contribution in [3.63, 3.8) is 0 Å². The van der Waals surface area contributed by atoms with E-state index in [0.29, 0.717) is 18.8 Å². The maximum atomic E-state index is 12.7. The molecule has 5 nitrogen and oxygen atoms in total. The van der Waals surface area contributed by atoms with Gasteiger partial charge in [0.25, 0.3) is 5.91 Å². The summed E-state index contributed by atoms with van der Waals surface area (Å²) >= 11 is 12.1. The summed E-state index contributed by atoms with van der Waals surface area (Å²) in [6.07, 6.45) is 0. The number of carbonyl (C=O) groups is 2. The highest BCUT2D eigenvalue weighted by atomic mass is 35.5. The predicted molar refractivity (Wildman–Crippen MR) is 83.6 cm³/mol. The van der Waals surface area contributed by atoms with E-state index in [1.165, 1.54) is 17.0 Å². The first-order chi connectivity index (χ1) is 9.66. The maximum absolute atomic E-state index is 12.7. The number of nitrogen functional groups attached to an aromatic ring is 1. The molecule has 2 N–H and O–H groups in total. The number of likely N-dealkylation sites (N-methyl/N-ethyl adjacent to an activating group) is 1. The van der Waals surface area contributed by atoms with E-state index in [2.05, 4.69) is 0 Å². The number of rotatable bonds is 1. The SMILES string of the molecule is CN1CCN(C(=O)c2cc(N)cc(Cl)c2Cl)C(C)(C)C1=O. The molecule has 21 heavy (non-hydrogen) atoms. The molecule has 0 aliphatic carbocycles. The van der Waals surface area contributed by atoms with Crippen LogP contribution in [0, 0.1) is 0 Å². The van der Waals surface area contributed by atoms with Crippen molar-refractivity contribution in [1.82, 2.24) is 9.80 Å². The minimum Gasteiger partial charge on any atom is -0.399 e. The minimum atomic E-state index is -0.940. The topological polar surface area (TPSA) is 66.6 Å². The average molecular weight is 330 g/mol. The van der Waals surface area contributed by atoms with Crippen molar-refractivity contribution < 1.29 is 9.59 Å². The molecule has 114 valence electrons. The zero-order valence-electron chi connectivity index (χ0n) is 12.1. The number of piperazine rings is 1. The van der Waals surface area contributed by atoms with Crippen LogP contribution in [0.5, 0.6) is 0 Å². The Morgan fingerprint density at radius 1 is 1.29 bits per heavy atom. The number of amides is 2. The lowest BCUT2D eigenvalue weighted by molar-refractivity contribution is -0.144. The largest absolute Gasteiger partial charge is 0.399 e. The third kappa shape index (κ3) is 2.68. The lowest BCUT2D eigenvalue weighted by Gasteiger charge is -2.44. The van der Waals surface area contributed by atoms with Gasteiger partial charge in [-0.05, 0) is 26.0 Å². The molecular weight excluding hydrogens is 313 g/mol. The van der Waals surface area contributed by atoms with Crippen LogP contribution in [0.1, 0.15) is 24.2 Å². The second-order valence-electron chi connectivity index (χ2n) is 5.61. The fourth-order valence-corrected chi connectivity index (χ4v) is 2.90. The number of nitrogens with zero attached hydrogens (tertiary/aromatic N) is 2. The highest BCUT2D eigenvalue weighted by Gasteiger charge is 2.43. The third-order valence-corrected chi connectivity index (χ3v) is 4.53. The first-order valence-corrected chi connectivity index (χ1v) is 7.24. The van der Waals surface area contributed by atoms with E-state index < -0.39 is 5.54 Å². The van der Waals surface area contributed by atoms with Crippen LogP contribution in [0.15, 0.2) is 12.1 Å². The van der Waals surface area contributed by atoms with Gasteiger partial charge in [0.2, 0.25) is 5.91 Å². The smallest absolute Gasteiger partial charge is 0.256 e. The van der Waals surface area contributed by atoms with E-state index >= 15 is 0 Å². The number of benzene rings is 1. The highest BCUT2D eigenvalue weighted by Crippen LogP contribution is 2.32. The zero-order chi connectivity index (χ0) is 15.9. The summed E-state index contributed by atoms with van der Waals surface area (Å²) in [5, 5.41) is 0.372. The second-order valence-corrected chi connectivity index (χ2v) is 6.39. The number of hydrogen-bond acceptors (Lipinski definition) is 3. The summed E-state index contributed by atoms with van der Waals surface area (Å²) in [5.74, 6) is -0.464. The standard InChI is InChI=1S/C14H17Cl2N3O2/c1-14(2)13(21)18(3)4-5-19(14)12(20)9-6-8(17)7-10(15)11(9)16/h6-7H,4-5,17H2,1-3H3. The molecule has 0 radical (unpaired) electrons. The molecule has 1 aromatic carbocycles. The molecular formula is C14H17Cl2N3O2. The summed E-state index contributed by atoms with van der Waals surface area (Å²) in [5.41, 5.74) is 5.35. The number of halogens is 2. The lowest BCUT2D eigenvalue weighted by atomic mass is 9.96. The fourth-order valence-electron chi connectivity index (χ4n) is 2.48. The van der Waals surface area contributed by atoms with Crippen LogP contribution in [0.2, 0.25) is 10.0 Å². The van der Waals surface area contributed by atoms with Gasteiger partial charge in [0.05, 0.1) is 15.6 Å². The van der Waals surface area contributed by atoms with Gasteiger partial charge in [-0.25, -0.2) is 0 Å². The predicted octanol–water partition coefficient (Wildman–Crippen LogP) is 2.27. The normalized spacial score (nSPS) is 18.0. The summed E-state index contributed by atoms with van der Waals surface area (Å²) < 4.78 is 0. The van der Waals surface area contributed by atoms with Crippen molar-refractivity contribution in [2.24, 2.45) is 0 Å². The molecule has 1 aliphatic rings. The molecule has 2 rings (SSSR count). The Balaban J connectivity index is 2.43. The van der Waals surface area contributed by atoms with Crippen molar-refractivity contribution in [1.29, 1.82) is 0 Å². The quantitative estimate of drug-likeness (QED) is 0.803. The minimum absolute atomic E-state index is 0.117. The zero-order valence-corrected chi connectivity index (χ0v) is 13.6. The van der Waals surface area contributed by atoms with Crippen molar-refractivity contribution in [2.75, 3.05) is 25.9 Å². The summed E-state index contributed by atoms with van der Waals surface area (Å²) in [6.45, 7) is 4.33. The Hall–Kier alpha value is -1.46. The number of carbonyl (C=O) groups excluding carboxylic acids is 2. The van der Waals surface area contributed by atoms with Crippen LogP contribution < -0.4 is 5.73 Å². The third-order valence-electron chi connectivity index (χ3n) is 3.73. The van der Waals surface area contributed by atoms with Crippen molar-refractivity contribution in [3.8, 4) is 0 Å². The van der Waals surface area contributed by atoms with E-state index in [9.17, 15) is 9.59 Å². The van der Waals surface area contributed by atoms with Crippen LogP contribution in [0.25, 0.3) is 0 Å². The summed E-state index contributed by atoms with van der Waals surface area (Å²) in [6, 6.07) is 2.97. The molecule has 0 atom stereocenters. The Bertz CT molecular complexity index is 616. The summed E-state index contributed by atoms with van der Waals surface area (Å²) in [7, 11) is 1.72. The van der Waals surface area contributed by atoms with Crippen LogP contribution in [-0.4, -0.2) is 47.3 Å². The van der Waals surface area contributed by atoms with E-state index in [1.54, 1.807) is 25.8 Å². The van der Waals surface area contributed by atoms with E-state index in [0.717, 1.165) is 0 Å². The fraction of sp³-hybridized carbons (Fsp3) is 0.429. The number of anilines is 1. The highest BCUT2D eigenvalue weighted by molar-refractivity contribution is 6.44. The monoisotopic (exact) mass is 329 g/mol. The number of hydrogen-bond donors (Lipinski definition) is 1. The van der Waals surface area contributed by atoms with Gasteiger partial charge in [-0.3, -0.25) is 9.59 Å². The molecule has 7 heteroatoms. The van der Waals surface area contributed by atoms with E-state index in [-0.39, 0.29) is 27.4 Å². The molecule has 1 fully saturated rings. The van der Waals surface area contributed by atoms with Gasteiger partial charge in [0.1, 0.15) is 5.54 Å². The van der Waals surface area contributed by atoms with Gasteiger partial charge >= 0.3 is 0 Å². The van der Waals surface area contributed by atoms with Gasteiger partial charge in [-0.1, -0.05) is 23.2 Å². The van der Waals surface area contributed by atoms with Crippen LogP contribution >= 0.6 is 23.2 Å². The van der Waals surface area contributed by atoms with Crippen LogP contribution in [0.4, 0.5) is 5.69 Å². The van der Waals surface area contributed by atoms with Gasteiger partial charge in [0.15, 0.2) is 0 Å². The Morgan fingerprint density at radius 2 is 1.90 bits per heavy atom.